The fourth-order valence-corrected chi connectivity index (χ4v) is 2.93. The van der Waals surface area contributed by atoms with Crippen molar-refractivity contribution in [2.24, 2.45) is 5.10 Å². The van der Waals surface area contributed by atoms with Crippen molar-refractivity contribution in [3.8, 4) is 0 Å². The average molecular weight is 364 g/mol. The second kappa shape index (κ2) is 7.28. The van der Waals surface area contributed by atoms with E-state index in [9.17, 15) is 10.1 Å². The molecular formula is C14H10ClN5O3S. The first-order valence-electron chi connectivity index (χ1n) is 6.68. The van der Waals surface area contributed by atoms with Crippen molar-refractivity contribution in [2.45, 2.75) is 10.9 Å². The van der Waals surface area contributed by atoms with Crippen LogP contribution >= 0.6 is 23.4 Å². The molecule has 0 N–H and O–H groups in total. The number of aromatic nitrogens is 3. The highest BCUT2D eigenvalue weighted by Gasteiger charge is 2.11. The van der Waals surface area contributed by atoms with Gasteiger partial charge in [0.1, 0.15) is 11.3 Å². The minimum atomic E-state index is -0.610. The molecule has 0 aliphatic heterocycles. The molecule has 0 aliphatic rings. The van der Waals surface area contributed by atoms with Crippen molar-refractivity contribution in [3.63, 3.8) is 0 Å². The molecule has 3 rings (SSSR count). The second-order valence-corrected chi connectivity index (χ2v) is 5.87. The molecule has 0 saturated carbocycles. The first kappa shape index (κ1) is 16.2. The molecule has 3 aromatic rings. The normalized spacial score (nSPS) is 11.2. The Labute approximate surface area is 145 Å². The van der Waals surface area contributed by atoms with Gasteiger partial charge in [0.15, 0.2) is 5.76 Å². The van der Waals surface area contributed by atoms with E-state index in [0.717, 1.165) is 5.56 Å². The number of nitrogens with zero attached hydrogens (tertiary/aromatic N) is 5. The van der Waals surface area contributed by atoms with Gasteiger partial charge >= 0.3 is 5.88 Å². The SMILES string of the molecule is O=[N+]([O-])c1ccc(/C=N\n2cnnc2SCc2ccccc2Cl)o1. The largest absolute Gasteiger partial charge is 0.433 e. The van der Waals surface area contributed by atoms with Crippen LogP contribution in [0.3, 0.4) is 0 Å². The molecule has 0 radical (unpaired) electrons. The summed E-state index contributed by atoms with van der Waals surface area (Å²) < 4.78 is 6.46. The molecule has 24 heavy (non-hydrogen) atoms. The van der Waals surface area contributed by atoms with Crippen LogP contribution in [0, 0.1) is 10.1 Å². The lowest BCUT2D eigenvalue weighted by Crippen LogP contribution is -1.92. The second-order valence-electron chi connectivity index (χ2n) is 4.52. The highest BCUT2D eigenvalue weighted by atomic mass is 35.5. The summed E-state index contributed by atoms with van der Waals surface area (Å²) in [4.78, 5) is 9.97. The minimum absolute atomic E-state index is 0.262. The van der Waals surface area contributed by atoms with Crippen molar-refractivity contribution < 1.29 is 9.34 Å². The van der Waals surface area contributed by atoms with Gasteiger partial charge in [-0.15, -0.1) is 10.2 Å². The van der Waals surface area contributed by atoms with Crippen molar-refractivity contribution >= 4 is 35.5 Å². The van der Waals surface area contributed by atoms with E-state index in [1.807, 2.05) is 24.3 Å². The zero-order chi connectivity index (χ0) is 16.9. The Morgan fingerprint density at radius 2 is 2.21 bits per heavy atom. The molecule has 1 aromatic carbocycles. The third kappa shape index (κ3) is 3.81. The van der Waals surface area contributed by atoms with Gasteiger partial charge < -0.3 is 4.42 Å². The molecule has 2 aromatic heterocycles. The number of thioether (sulfide) groups is 1. The van der Waals surface area contributed by atoms with E-state index in [-0.39, 0.29) is 11.6 Å². The van der Waals surface area contributed by atoms with Crippen molar-refractivity contribution in [3.05, 3.63) is 69.2 Å². The van der Waals surface area contributed by atoms with E-state index < -0.39 is 4.92 Å². The maximum absolute atomic E-state index is 10.6. The quantitative estimate of drug-likeness (QED) is 0.287. The summed E-state index contributed by atoms with van der Waals surface area (Å²) in [6.07, 6.45) is 2.79. The van der Waals surface area contributed by atoms with Gasteiger partial charge in [0.2, 0.25) is 5.16 Å². The van der Waals surface area contributed by atoms with Gasteiger partial charge in [-0.2, -0.15) is 9.78 Å². The third-order valence-corrected chi connectivity index (χ3v) is 4.27. The fraction of sp³-hybridized carbons (Fsp3) is 0.0714. The molecule has 0 saturated heterocycles. The first-order chi connectivity index (χ1) is 11.6. The Bertz CT molecular complexity index is 892. The number of hydrogen-bond donors (Lipinski definition) is 0. The highest BCUT2D eigenvalue weighted by Crippen LogP contribution is 2.25. The van der Waals surface area contributed by atoms with Crippen LogP contribution < -0.4 is 0 Å². The first-order valence-corrected chi connectivity index (χ1v) is 8.04. The van der Waals surface area contributed by atoms with Gasteiger partial charge in [-0.3, -0.25) is 10.1 Å². The summed E-state index contributed by atoms with van der Waals surface area (Å²) in [5, 5.41) is 23.8. The van der Waals surface area contributed by atoms with E-state index in [0.29, 0.717) is 15.9 Å². The topological polar surface area (TPSA) is 99.3 Å². The van der Waals surface area contributed by atoms with E-state index >= 15 is 0 Å². The standard InChI is InChI=1S/C14H10ClN5O3S/c15-12-4-2-1-3-10(12)8-24-14-18-16-9-19(14)17-7-11-5-6-13(23-11)20(21)22/h1-7,9H,8H2/b17-7-. The molecule has 0 atom stereocenters. The lowest BCUT2D eigenvalue weighted by atomic mass is 10.2. The number of rotatable bonds is 6. The van der Waals surface area contributed by atoms with Crippen LogP contribution in [0.1, 0.15) is 11.3 Å². The molecule has 10 heteroatoms. The lowest BCUT2D eigenvalue weighted by Gasteiger charge is -2.03. The van der Waals surface area contributed by atoms with Crippen molar-refractivity contribution in [1.29, 1.82) is 0 Å². The Morgan fingerprint density at radius 3 is 2.96 bits per heavy atom. The van der Waals surface area contributed by atoms with Crippen LogP contribution in [-0.4, -0.2) is 26.0 Å². The Hall–Kier alpha value is -2.65. The molecule has 8 nitrogen and oxygen atoms in total. The molecule has 0 unspecified atom stereocenters. The van der Waals surface area contributed by atoms with Gasteiger partial charge in [0.25, 0.3) is 0 Å². The summed E-state index contributed by atoms with van der Waals surface area (Å²) in [5.41, 5.74) is 0.976. The van der Waals surface area contributed by atoms with E-state index in [4.69, 9.17) is 16.0 Å². The monoisotopic (exact) mass is 363 g/mol. The molecule has 122 valence electrons. The van der Waals surface area contributed by atoms with E-state index in [1.165, 1.54) is 41.1 Å². The van der Waals surface area contributed by atoms with Gasteiger partial charge in [-0.1, -0.05) is 41.6 Å². The van der Waals surface area contributed by atoms with Crippen LogP contribution in [0.15, 0.2) is 57.4 Å². The van der Waals surface area contributed by atoms with Crippen LogP contribution in [0.5, 0.6) is 0 Å². The zero-order valence-corrected chi connectivity index (χ0v) is 13.6. The predicted octanol–water partition coefficient (Wildman–Crippen LogP) is 3.61. The number of halogens is 1. The van der Waals surface area contributed by atoms with Gasteiger partial charge in [0, 0.05) is 10.8 Å². The highest BCUT2D eigenvalue weighted by molar-refractivity contribution is 7.98. The van der Waals surface area contributed by atoms with Crippen LogP contribution in [0.4, 0.5) is 5.88 Å². The average Bonchev–Trinajstić information content (AvgIpc) is 3.21. The summed E-state index contributed by atoms with van der Waals surface area (Å²) in [6, 6.07) is 10.3. The molecular weight excluding hydrogens is 354 g/mol. The van der Waals surface area contributed by atoms with Crippen LogP contribution in [-0.2, 0) is 5.75 Å². The molecule has 0 bridgehead atoms. The number of nitro groups is 1. The summed E-state index contributed by atoms with van der Waals surface area (Å²) in [7, 11) is 0. The fourth-order valence-electron chi connectivity index (χ4n) is 1.78. The summed E-state index contributed by atoms with van der Waals surface area (Å²) >= 11 is 7.54. The predicted molar refractivity (Wildman–Crippen MR) is 89.4 cm³/mol. The summed E-state index contributed by atoms with van der Waals surface area (Å²) in [5.74, 6) is 0.533. The minimum Gasteiger partial charge on any atom is -0.400 e. The maximum Gasteiger partial charge on any atom is 0.433 e. The van der Waals surface area contributed by atoms with Crippen molar-refractivity contribution in [1.82, 2.24) is 14.9 Å². The Balaban J connectivity index is 1.69. The molecule has 0 spiro atoms. The molecule has 0 aliphatic carbocycles. The van der Waals surface area contributed by atoms with Gasteiger partial charge in [-0.05, 0) is 17.7 Å². The third-order valence-electron chi connectivity index (χ3n) is 2.92. The summed E-state index contributed by atoms with van der Waals surface area (Å²) in [6.45, 7) is 0. The van der Waals surface area contributed by atoms with Gasteiger partial charge in [0.05, 0.1) is 12.3 Å². The molecule has 0 amide bonds. The van der Waals surface area contributed by atoms with Gasteiger partial charge in [-0.25, -0.2) is 0 Å². The molecule has 0 fully saturated rings. The van der Waals surface area contributed by atoms with E-state index in [1.54, 1.807) is 0 Å². The maximum atomic E-state index is 10.6. The van der Waals surface area contributed by atoms with Crippen LogP contribution in [0.2, 0.25) is 5.02 Å². The van der Waals surface area contributed by atoms with Crippen LogP contribution in [0.25, 0.3) is 0 Å². The number of furan rings is 1. The Morgan fingerprint density at radius 1 is 1.38 bits per heavy atom. The zero-order valence-electron chi connectivity index (χ0n) is 12.1. The van der Waals surface area contributed by atoms with Crippen molar-refractivity contribution in [2.75, 3.05) is 0 Å². The molecule has 2 heterocycles. The number of benzene rings is 1. The Kier molecular flexibility index (Phi) is 4.92. The van der Waals surface area contributed by atoms with E-state index in [2.05, 4.69) is 15.3 Å². The number of hydrogen-bond acceptors (Lipinski definition) is 7. The lowest BCUT2D eigenvalue weighted by molar-refractivity contribution is -0.402. The smallest absolute Gasteiger partial charge is 0.400 e.